The Hall–Kier alpha value is -0.920. The summed E-state index contributed by atoms with van der Waals surface area (Å²) in [5.74, 6) is -0.852. The highest BCUT2D eigenvalue weighted by Gasteiger charge is 2.40. The van der Waals surface area contributed by atoms with E-state index in [1.807, 2.05) is 0 Å². The first kappa shape index (κ1) is 13.5. The average molecular weight is 289 g/mol. The number of thiophene rings is 1. The third-order valence-corrected chi connectivity index (χ3v) is 6.20. The zero-order valence-electron chi connectivity index (χ0n) is 10.00. The number of nitrogens with zero attached hydrogens (tertiary/aromatic N) is 1. The van der Waals surface area contributed by atoms with Crippen molar-refractivity contribution in [3.05, 3.63) is 16.8 Å². The van der Waals surface area contributed by atoms with Crippen LogP contribution in [0.2, 0.25) is 0 Å². The number of rotatable bonds is 3. The van der Waals surface area contributed by atoms with Crippen LogP contribution in [0.3, 0.4) is 0 Å². The summed E-state index contributed by atoms with van der Waals surface area (Å²) in [5.41, 5.74) is -0.805. The number of hydrogen-bond donors (Lipinski definition) is 1. The van der Waals surface area contributed by atoms with E-state index in [0.717, 1.165) is 0 Å². The molecular formula is C11H15NO4S2. The molecule has 0 radical (unpaired) electrons. The minimum atomic E-state index is -3.44. The van der Waals surface area contributed by atoms with Gasteiger partial charge in [-0.1, -0.05) is 0 Å². The minimum absolute atomic E-state index is 0.265. The van der Waals surface area contributed by atoms with E-state index in [9.17, 15) is 13.2 Å². The molecule has 0 saturated carbocycles. The Balaban J connectivity index is 2.14. The van der Waals surface area contributed by atoms with Gasteiger partial charge < -0.3 is 5.11 Å². The van der Waals surface area contributed by atoms with E-state index in [1.54, 1.807) is 23.8 Å². The third kappa shape index (κ3) is 2.30. The number of carboxylic acid groups (broad SMARTS) is 1. The summed E-state index contributed by atoms with van der Waals surface area (Å²) in [6, 6.07) is 1.57. The average Bonchev–Trinajstić information content (AvgIpc) is 2.83. The molecule has 0 spiro atoms. The molecule has 5 nitrogen and oxygen atoms in total. The molecule has 1 saturated heterocycles. The molecule has 0 atom stereocenters. The van der Waals surface area contributed by atoms with Crippen LogP contribution in [0.15, 0.2) is 21.7 Å². The molecule has 2 rings (SSSR count). The lowest BCUT2D eigenvalue weighted by atomic mass is 9.81. The number of carbonyl (C=O) groups is 1. The van der Waals surface area contributed by atoms with Crippen LogP contribution in [0.5, 0.6) is 0 Å². The fourth-order valence-electron chi connectivity index (χ4n) is 1.98. The number of piperidine rings is 1. The first-order valence-corrected chi connectivity index (χ1v) is 8.00. The molecule has 1 fully saturated rings. The minimum Gasteiger partial charge on any atom is -0.481 e. The summed E-state index contributed by atoms with van der Waals surface area (Å²) < 4.78 is 25.8. The van der Waals surface area contributed by atoms with E-state index in [0.29, 0.717) is 17.7 Å². The lowest BCUT2D eigenvalue weighted by Gasteiger charge is -2.35. The van der Waals surface area contributed by atoms with Crippen molar-refractivity contribution < 1.29 is 18.3 Å². The topological polar surface area (TPSA) is 74.7 Å². The van der Waals surface area contributed by atoms with Gasteiger partial charge in [-0.05, 0) is 31.2 Å². The molecule has 18 heavy (non-hydrogen) atoms. The summed E-state index contributed by atoms with van der Waals surface area (Å²) in [6.07, 6.45) is 0.706. The van der Waals surface area contributed by atoms with E-state index in [4.69, 9.17) is 5.11 Å². The molecule has 0 amide bonds. The second-order valence-corrected chi connectivity index (χ2v) is 7.45. The number of aliphatic carboxylic acids is 1. The summed E-state index contributed by atoms with van der Waals surface area (Å²) in [5, 5.41) is 12.4. The molecule has 0 bridgehead atoms. The zero-order chi connectivity index (χ0) is 13.4. The molecule has 1 N–H and O–H groups in total. The van der Waals surface area contributed by atoms with Gasteiger partial charge in [0.25, 0.3) is 0 Å². The van der Waals surface area contributed by atoms with Crippen molar-refractivity contribution in [2.45, 2.75) is 24.7 Å². The molecule has 0 aliphatic carbocycles. The molecule has 1 aromatic heterocycles. The van der Waals surface area contributed by atoms with Gasteiger partial charge in [-0.15, -0.1) is 0 Å². The van der Waals surface area contributed by atoms with E-state index in [2.05, 4.69) is 0 Å². The molecular weight excluding hydrogens is 274 g/mol. The second kappa shape index (κ2) is 4.64. The molecule has 100 valence electrons. The van der Waals surface area contributed by atoms with Crippen molar-refractivity contribution in [3.63, 3.8) is 0 Å². The van der Waals surface area contributed by atoms with Crippen LogP contribution < -0.4 is 0 Å². The maximum absolute atomic E-state index is 12.2. The van der Waals surface area contributed by atoms with Crippen LogP contribution >= 0.6 is 11.3 Å². The summed E-state index contributed by atoms with van der Waals surface area (Å²) in [7, 11) is -3.44. The number of sulfonamides is 1. The van der Waals surface area contributed by atoms with Crippen molar-refractivity contribution in [3.8, 4) is 0 Å². The molecule has 1 aliphatic heterocycles. The van der Waals surface area contributed by atoms with Gasteiger partial charge in [-0.2, -0.15) is 15.6 Å². The Morgan fingerprint density at radius 1 is 1.44 bits per heavy atom. The molecule has 0 aromatic carbocycles. The Labute approximate surface area is 110 Å². The maximum atomic E-state index is 12.2. The Morgan fingerprint density at radius 3 is 2.50 bits per heavy atom. The molecule has 1 aromatic rings. The van der Waals surface area contributed by atoms with Gasteiger partial charge in [-0.3, -0.25) is 4.79 Å². The predicted molar refractivity (Wildman–Crippen MR) is 68.1 cm³/mol. The zero-order valence-corrected chi connectivity index (χ0v) is 11.6. The number of carboxylic acids is 1. The number of hydrogen-bond acceptors (Lipinski definition) is 4. The molecule has 7 heteroatoms. The van der Waals surface area contributed by atoms with Gasteiger partial charge in [0.05, 0.1) is 10.3 Å². The van der Waals surface area contributed by atoms with Crippen molar-refractivity contribution in [1.29, 1.82) is 0 Å². The Bertz CT molecular complexity index is 527. The quantitative estimate of drug-likeness (QED) is 0.917. The maximum Gasteiger partial charge on any atom is 0.309 e. The predicted octanol–water partition coefficient (Wildman–Crippen LogP) is 1.62. The Kier molecular flexibility index (Phi) is 3.48. The SMILES string of the molecule is CC1(C(=O)O)CCN(S(=O)(=O)c2ccsc2)CC1. The van der Waals surface area contributed by atoms with Gasteiger partial charge in [0.1, 0.15) is 0 Å². The summed E-state index contributed by atoms with van der Waals surface area (Å²) in [6.45, 7) is 2.20. The van der Waals surface area contributed by atoms with Crippen molar-refractivity contribution >= 4 is 27.3 Å². The fraction of sp³-hybridized carbons (Fsp3) is 0.545. The lowest BCUT2D eigenvalue weighted by Crippen LogP contribution is -2.44. The van der Waals surface area contributed by atoms with E-state index >= 15 is 0 Å². The van der Waals surface area contributed by atoms with Gasteiger partial charge >= 0.3 is 5.97 Å². The van der Waals surface area contributed by atoms with Crippen LogP contribution in [0.4, 0.5) is 0 Å². The molecule has 0 unspecified atom stereocenters. The largest absolute Gasteiger partial charge is 0.481 e. The van der Waals surface area contributed by atoms with Crippen LogP contribution in [-0.4, -0.2) is 36.9 Å². The monoisotopic (exact) mass is 289 g/mol. The van der Waals surface area contributed by atoms with Gasteiger partial charge in [0.2, 0.25) is 10.0 Å². The highest BCUT2D eigenvalue weighted by molar-refractivity contribution is 7.89. The highest BCUT2D eigenvalue weighted by Crippen LogP contribution is 2.33. The Morgan fingerprint density at radius 2 is 2.06 bits per heavy atom. The van der Waals surface area contributed by atoms with Crippen molar-refractivity contribution in [1.82, 2.24) is 4.31 Å². The van der Waals surface area contributed by atoms with Crippen LogP contribution in [0, 0.1) is 5.41 Å². The fourth-order valence-corrected chi connectivity index (χ4v) is 4.44. The van der Waals surface area contributed by atoms with Gasteiger partial charge in [0, 0.05) is 18.5 Å². The molecule has 1 aliphatic rings. The normalized spacial score (nSPS) is 20.7. The molecule has 2 heterocycles. The summed E-state index contributed by atoms with van der Waals surface area (Å²) >= 11 is 1.34. The second-order valence-electron chi connectivity index (χ2n) is 4.73. The van der Waals surface area contributed by atoms with Crippen molar-refractivity contribution in [2.75, 3.05) is 13.1 Å². The lowest BCUT2D eigenvalue weighted by molar-refractivity contribution is -0.150. The van der Waals surface area contributed by atoms with Crippen LogP contribution in [-0.2, 0) is 14.8 Å². The van der Waals surface area contributed by atoms with Crippen LogP contribution in [0.1, 0.15) is 19.8 Å². The smallest absolute Gasteiger partial charge is 0.309 e. The first-order valence-electron chi connectivity index (χ1n) is 5.62. The highest BCUT2D eigenvalue weighted by atomic mass is 32.2. The van der Waals surface area contributed by atoms with Gasteiger partial charge in [0.15, 0.2) is 0 Å². The standard InChI is InChI=1S/C11H15NO4S2/c1-11(10(13)14)3-5-12(6-4-11)18(15,16)9-2-7-17-8-9/h2,7-8H,3-6H2,1H3,(H,13,14). The first-order chi connectivity index (χ1) is 8.36. The van der Waals surface area contributed by atoms with Crippen LogP contribution in [0.25, 0.3) is 0 Å². The van der Waals surface area contributed by atoms with E-state index < -0.39 is 21.4 Å². The van der Waals surface area contributed by atoms with E-state index in [1.165, 1.54) is 15.6 Å². The summed E-state index contributed by atoms with van der Waals surface area (Å²) in [4.78, 5) is 11.4. The van der Waals surface area contributed by atoms with Crippen molar-refractivity contribution in [2.24, 2.45) is 5.41 Å². The third-order valence-electron chi connectivity index (χ3n) is 3.48. The van der Waals surface area contributed by atoms with Gasteiger partial charge in [-0.25, -0.2) is 8.42 Å². The van der Waals surface area contributed by atoms with E-state index in [-0.39, 0.29) is 13.1 Å².